The number of hydrogen-bond donors (Lipinski definition) is 0. The molecule has 6 nitrogen and oxygen atoms in total. The average Bonchev–Trinajstić information content (AvgIpc) is 2.65. The molecule has 2 aromatic carbocycles. The molecule has 0 aliphatic carbocycles. The molecule has 0 saturated heterocycles. The van der Waals surface area contributed by atoms with Gasteiger partial charge in [0.1, 0.15) is 22.8 Å². The minimum absolute atomic E-state index is 0.215. The molecule has 132 valence electrons. The predicted octanol–water partition coefficient (Wildman–Crippen LogP) is 3.51. The molecule has 0 spiro atoms. The van der Waals surface area contributed by atoms with Crippen LogP contribution < -0.4 is 14.2 Å². The van der Waals surface area contributed by atoms with E-state index in [2.05, 4.69) is 15.9 Å². The van der Waals surface area contributed by atoms with Crippen molar-refractivity contribution in [3.05, 3.63) is 52.0 Å². The number of benzene rings is 2. The van der Waals surface area contributed by atoms with Crippen LogP contribution in [0.3, 0.4) is 0 Å². The molecule has 0 radical (unpaired) electrons. The van der Waals surface area contributed by atoms with E-state index in [1.165, 1.54) is 27.4 Å². The van der Waals surface area contributed by atoms with Crippen LogP contribution in [0, 0.1) is 0 Å². The third-order valence-electron chi connectivity index (χ3n) is 3.44. The van der Waals surface area contributed by atoms with Gasteiger partial charge in [0.15, 0.2) is 12.4 Å². The van der Waals surface area contributed by atoms with Gasteiger partial charge in [0.25, 0.3) is 0 Å². The molecule has 0 aliphatic rings. The Morgan fingerprint density at radius 2 is 1.64 bits per heavy atom. The maximum absolute atomic E-state index is 12.2. The highest BCUT2D eigenvalue weighted by molar-refractivity contribution is 9.10. The number of ether oxygens (including phenoxy) is 4. The van der Waals surface area contributed by atoms with Crippen LogP contribution >= 0.6 is 15.9 Å². The van der Waals surface area contributed by atoms with Crippen LogP contribution in [0.25, 0.3) is 0 Å². The summed E-state index contributed by atoms with van der Waals surface area (Å²) < 4.78 is 21.1. The molecule has 0 aliphatic heterocycles. The third-order valence-corrected chi connectivity index (χ3v) is 4.06. The smallest absolute Gasteiger partial charge is 0.342 e. The Labute approximate surface area is 153 Å². The quantitative estimate of drug-likeness (QED) is 0.515. The SMILES string of the molecule is COc1ccc(C(=O)OCC(=O)c2ccc(OC)c(Br)c2)c(OC)c1. The fourth-order valence-electron chi connectivity index (χ4n) is 2.10. The number of Topliss-reactive ketones (excluding diaryl/α,β-unsaturated/α-hetero) is 1. The van der Waals surface area contributed by atoms with Crippen molar-refractivity contribution in [1.29, 1.82) is 0 Å². The Bertz CT molecular complexity index is 787. The summed E-state index contributed by atoms with van der Waals surface area (Å²) in [6.07, 6.45) is 0. The fourth-order valence-corrected chi connectivity index (χ4v) is 2.64. The number of halogens is 1. The van der Waals surface area contributed by atoms with Gasteiger partial charge in [-0.15, -0.1) is 0 Å². The summed E-state index contributed by atoms with van der Waals surface area (Å²) >= 11 is 3.31. The van der Waals surface area contributed by atoms with Crippen molar-refractivity contribution in [2.45, 2.75) is 0 Å². The van der Waals surface area contributed by atoms with Crippen molar-refractivity contribution in [3.63, 3.8) is 0 Å². The van der Waals surface area contributed by atoms with Gasteiger partial charge < -0.3 is 18.9 Å². The van der Waals surface area contributed by atoms with Crippen molar-refractivity contribution >= 4 is 27.7 Å². The number of methoxy groups -OCH3 is 3. The zero-order valence-corrected chi connectivity index (χ0v) is 15.6. The summed E-state index contributed by atoms with van der Waals surface area (Å²) in [6, 6.07) is 9.58. The first-order valence-corrected chi connectivity index (χ1v) is 8.05. The normalized spacial score (nSPS) is 10.1. The van der Waals surface area contributed by atoms with E-state index in [-0.39, 0.29) is 18.0 Å². The summed E-state index contributed by atoms with van der Waals surface area (Å²) in [5, 5.41) is 0. The highest BCUT2D eigenvalue weighted by Gasteiger charge is 2.17. The Kier molecular flexibility index (Phi) is 6.41. The van der Waals surface area contributed by atoms with Crippen molar-refractivity contribution in [2.24, 2.45) is 0 Å². The van der Waals surface area contributed by atoms with E-state index in [1.54, 1.807) is 30.3 Å². The molecular formula is C18H17BrO6. The highest BCUT2D eigenvalue weighted by atomic mass is 79.9. The predicted molar refractivity (Wildman–Crippen MR) is 94.9 cm³/mol. The van der Waals surface area contributed by atoms with Gasteiger partial charge in [-0.3, -0.25) is 4.79 Å². The molecule has 0 unspecified atom stereocenters. The summed E-state index contributed by atoms with van der Waals surface area (Å²) in [5.41, 5.74) is 0.620. The molecule has 0 fully saturated rings. The van der Waals surface area contributed by atoms with Gasteiger partial charge >= 0.3 is 5.97 Å². The van der Waals surface area contributed by atoms with Gasteiger partial charge in [0, 0.05) is 11.6 Å². The lowest BCUT2D eigenvalue weighted by molar-refractivity contribution is 0.0471. The average molecular weight is 409 g/mol. The molecule has 7 heteroatoms. The molecule has 25 heavy (non-hydrogen) atoms. The zero-order valence-electron chi connectivity index (χ0n) is 14.0. The lowest BCUT2D eigenvalue weighted by Crippen LogP contribution is -2.15. The molecule has 0 N–H and O–H groups in total. The maximum Gasteiger partial charge on any atom is 0.342 e. The van der Waals surface area contributed by atoms with Crippen molar-refractivity contribution in [2.75, 3.05) is 27.9 Å². The third kappa shape index (κ3) is 4.51. The number of hydrogen-bond acceptors (Lipinski definition) is 6. The number of carbonyl (C=O) groups is 2. The standard InChI is InChI=1S/C18H17BrO6/c1-22-12-5-6-13(17(9-12)24-3)18(21)25-10-15(20)11-4-7-16(23-2)14(19)8-11/h4-9H,10H2,1-3H3. The topological polar surface area (TPSA) is 71.1 Å². The van der Waals surface area contributed by atoms with Crippen LogP contribution in [0.5, 0.6) is 17.2 Å². The van der Waals surface area contributed by atoms with Gasteiger partial charge in [-0.1, -0.05) is 0 Å². The van der Waals surface area contributed by atoms with Crippen LogP contribution in [0.15, 0.2) is 40.9 Å². The molecule has 2 rings (SSSR count). The van der Waals surface area contributed by atoms with Gasteiger partial charge in [0.2, 0.25) is 0 Å². The van der Waals surface area contributed by atoms with E-state index in [4.69, 9.17) is 18.9 Å². The summed E-state index contributed by atoms with van der Waals surface area (Å²) in [5.74, 6) is 0.484. The van der Waals surface area contributed by atoms with Gasteiger partial charge in [-0.05, 0) is 46.3 Å². The number of ketones is 1. The largest absolute Gasteiger partial charge is 0.497 e. The second-order valence-corrected chi connectivity index (χ2v) is 5.77. The molecular weight excluding hydrogens is 392 g/mol. The number of rotatable bonds is 7. The van der Waals surface area contributed by atoms with Crippen molar-refractivity contribution < 1.29 is 28.5 Å². The van der Waals surface area contributed by atoms with E-state index < -0.39 is 5.97 Å². The summed E-state index contributed by atoms with van der Waals surface area (Å²) in [7, 11) is 4.48. The van der Waals surface area contributed by atoms with Crippen molar-refractivity contribution in [1.82, 2.24) is 0 Å². The lowest BCUT2D eigenvalue weighted by Gasteiger charge is -2.10. The number of esters is 1. The Morgan fingerprint density at radius 1 is 0.920 bits per heavy atom. The molecule has 2 aromatic rings. The monoisotopic (exact) mass is 408 g/mol. The van der Waals surface area contributed by atoms with Crippen molar-refractivity contribution in [3.8, 4) is 17.2 Å². The minimum atomic E-state index is -0.652. The van der Waals surface area contributed by atoms with Gasteiger partial charge in [-0.25, -0.2) is 4.79 Å². The maximum atomic E-state index is 12.2. The summed E-state index contributed by atoms with van der Waals surface area (Å²) in [4.78, 5) is 24.4. The van der Waals surface area contributed by atoms with E-state index in [1.807, 2.05) is 0 Å². The van der Waals surface area contributed by atoms with E-state index in [0.717, 1.165) is 0 Å². The molecule has 0 bridgehead atoms. The van der Waals surface area contributed by atoms with Crippen LogP contribution in [0.2, 0.25) is 0 Å². The zero-order chi connectivity index (χ0) is 18.4. The number of carbonyl (C=O) groups excluding carboxylic acids is 2. The Balaban J connectivity index is 2.07. The first-order valence-electron chi connectivity index (χ1n) is 7.26. The molecule has 0 heterocycles. The highest BCUT2D eigenvalue weighted by Crippen LogP contribution is 2.27. The Morgan fingerprint density at radius 3 is 2.24 bits per heavy atom. The second-order valence-electron chi connectivity index (χ2n) is 4.91. The van der Waals surface area contributed by atoms with E-state index >= 15 is 0 Å². The van der Waals surface area contributed by atoms with Gasteiger partial charge in [-0.2, -0.15) is 0 Å². The van der Waals surface area contributed by atoms with Crippen LogP contribution in [-0.2, 0) is 4.74 Å². The first kappa shape index (κ1) is 18.8. The van der Waals surface area contributed by atoms with E-state index in [0.29, 0.717) is 27.3 Å². The van der Waals surface area contributed by atoms with E-state index in [9.17, 15) is 9.59 Å². The molecule has 0 amide bonds. The van der Waals surface area contributed by atoms with Crippen LogP contribution in [-0.4, -0.2) is 39.7 Å². The molecule has 0 atom stereocenters. The molecule has 0 saturated carbocycles. The molecule has 0 aromatic heterocycles. The van der Waals surface area contributed by atoms with Crippen LogP contribution in [0.1, 0.15) is 20.7 Å². The van der Waals surface area contributed by atoms with Gasteiger partial charge in [0.05, 0.1) is 25.8 Å². The summed E-state index contributed by atoms with van der Waals surface area (Å²) in [6.45, 7) is -0.382. The second kappa shape index (κ2) is 8.53. The van der Waals surface area contributed by atoms with Crippen LogP contribution in [0.4, 0.5) is 0 Å². The Hall–Kier alpha value is -2.54. The lowest BCUT2D eigenvalue weighted by atomic mass is 10.1. The minimum Gasteiger partial charge on any atom is -0.497 e. The fraction of sp³-hybridized carbons (Fsp3) is 0.222. The first-order chi connectivity index (χ1) is 12.0.